The van der Waals surface area contributed by atoms with Gasteiger partial charge in [-0.25, -0.2) is 4.79 Å². The number of urea groups is 1. The largest absolute Gasteiger partial charge is 0.497 e. The molecule has 1 aliphatic heterocycles. The minimum atomic E-state index is -0.743. The van der Waals surface area contributed by atoms with Crippen molar-refractivity contribution in [2.75, 3.05) is 31.6 Å². The van der Waals surface area contributed by atoms with Crippen molar-refractivity contribution in [2.24, 2.45) is 10.9 Å². The number of hydrogen-bond donors (Lipinski definition) is 2. The summed E-state index contributed by atoms with van der Waals surface area (Å²) < 4.78 is 5.30. The maximum Gasteiger partial charge on any atom is 0.325 e. The zero-order valence-electron chi connectivity index (χ0n) is 17.7. The van der Waals surface area contributed by atoms with Gasteiger partial charge in [0.2, 0.25) is 5.91 Å². The SMILES string of the molecule is C=C(/C=N\N)c1ccc(N2CCN(C(C(=O)NCC)c3cccc(OC)c3)C2=O)cc1. The van der Waals surface area contributed by atoms with Crippen LogP contribution in [-0.2, 0) is 4.79 Å². The number of carbonyl (C=O) groups is 2. The molecule has 1 aliphatic rings. The number of anilines is 1. The van der Waals surface area contributed by atoms with Crippen molar-refractivity contribution in [3.05, 3.63) is 66.2 Å². The van der Waals surface area contributed by atoms with Gasteiger partial charge in [-0.15, -0.1) is 0 Å². The lowest BCUT2D eigenvalue weighted by molar-refractivity contribution is -0.125. The maximum atomic E-state index is 13.3. The lowest BCUT2D eigenvalue weighted by Gasteiger charge is -2.27. The second kappa shape index (κ2) is 9.80. The molecule has 3 amide bonds. The molecule has 1 atom stereocenters. The van der Waals surface area contributed by atoms with Crippen molar-refractivity contribution in [1.82, 2.24) is 10.2 Å². The van der Waals surface area contributed by atoms with Gasteiger partial charge in [0.15, 0.2) is 0 Å². The third-order valence-corrected chi connectivity index (χ3v) is 5.14. The van der Waals surface area contributed by atoms with Crippen molar-refractivity contribution >= 4 is 29.4 Å². The lowest BCUT2D eigenvalue weighted by atomic mass is 10.0. The molecular formula is C23H27N5O3. The fourth-order valence-electron chi connectivity index (χ4n) is 3.61. The summed E-state index contributed by atoms with van der Waals surface area (Å²) in [4.78, 5) is 29.4. The van der Waals surface area contributed by atoms with E-state index in [1.165, 1.54) is 6.21 Å². The number of ether oxygens (including phenoxy) is 1. The second-order valence-corrected chi connectivity index (χ2v) is 7.05. The molecule has 0 spiro atoms. The van der Waals surface area contributed by atoms with E-state index in [0.29, 0.717) is 36.5 Å². The Morgan fingerprint density at radius 1 is 1.29 bits per heavy atom. The summed E-state index contributed by atoms with van der Waals surface area (Å²) in [6.07, 6.45) is 1.48. The van der Waals surface area contributed by atoms with Crippen molar-refractivity contribution in [1.29, 1.82) is 0 Å². The molecule has 2 aromatic rings. The van der Waals surface area contributed by atoms with E-state index in [1.54, 1.807) is 29.0 Å². The molecule has 0 radical (unpaired) electrons. The van der Waals surface area contributed by atoms with Crippen LogP contribution in [0.5, 0.6) is 5.75 Å². The van der Waals surface area contributed by atoms with E-state index in [9.17, 15) is 9.59 Å². The summed E-state index contributed by atoms with van der Waals surface area (Å²) in [5.41, 5.74) is 2.98. The quantitative estimate of drug-likeness (QED) is 0.389. The standard InChI is InChI=1S/C23H27N5O3/c1-4-25-22(29)21(18-6-5-7-20(14-18)31-3)28-13-12-27(23(28)30)19-10-8-17(9-11-19)16(2)15-26-24/h5-11,14-15,21H,2,4,12-13,24H2,1,3H3,(H,25,29)/b26-15-. The van der Waals surface area contributed by atoms with E-state index >= 15 is 0 Å². The van der Waals surface area contributed by atoms with Crippen LogP contribution in [0.15, 0.2) is 60.2 Å². The highest BCUT2D eigenvalue weighted by Gasteiger charge is 2.38. The molecule has 0 aromatic heterocycles. The number of methoxy groups -OCH3 is 1. The number of nitrogens with zero attached hydrogens (tertiary/aromatic N) is 3. The molecule has 3 rings (SSSR count). The van der Waals surface area contributed by atoms with Crippen molar-refractivity contribution in [3.8, 4) is 5.75 Å². The highest BCUT2D eigenvalue weighted by molar-refractivity contribution is 6.08. The van der Waals surface area contributed by atoms with Gasteiger partial charge in [-0.05, 0) is 47.9 Å². The molecule has 3 N–H and O–H groups in total. The molecule has 0 saturated carbocycles. The Bertz CT molecular complexity index is 987. The number of nitrogens with one attached hydrogen (secondary N) is 1. The third kappa shape index (κ3) is 4.69. The molecule has 162 valence electrons. The molecule has 0 bridgehead atoms. The number of amides is 3. The number of likely N-dealkylation sites (N-methyl/N-ethyl adjacent to an activating group) is 1. The van der Waals surface area contributed by atoms with E-state index in [2.05, 4.69) is 17.0 Å². The van der Waals surface area contributed by atoms with Gasteiger partial charge in [-0.1, -0.05) is 30.8 Å². The molecular weight excluding hydrogens is 394 g/mol. The van der Waals surface area contributed by atoms with E-state index in [1.807, 2.05) is 43.3 Å². The zero-order chi connectivity index (χ0) is 22.4. The molecule has 8 nitrogen and oxygen atoms in total. The summed E-state index contributed by atoms with van der Waals surface area (Å²) >= 11 is 0. The smallest absolute Gasteiger partial charge is 0.325 e. The fraction of sp³-hybridized carbons (Fsp3) is 0.261. The van der Waals surface area contributed by atoms with Crippen LogP contribution in [-0.4, -0.2) is 49.8 Å². The van der Waals surface area contributed by atoms with Crippen molar-refractivity contribution in [2.45, 2.75) is 13.0 Å². The maximum absolute atomic E-state index is 13.3. The minimum absolute atomic E-state index is 0.223. The van der Waals surface area contributed by atoms with Crippen LogP contribution in [0.4, 0.5) is 10.5 Å². The molecule has 1 fully saturated rings. The Hall–Kier alpha value is -3.81. The van der Waals surface area contributed by atoms with Gasteiger partial charge in [0, 0.05) is 25.3 Å². The highest BCUT2D eigenvalue weighted by Crippen LogP contribution is 2.30. The summed E-state index contributed by atoms with van der Waals surface area (Å²) in [5.74, 6) is 5.59. The van der Waals surface area contributed by atoms with Gasteiger partial charge in [0.1, 0.15) is 11.8 Å². The summed E-state index contributed by atoms with van der Waals surface area (Å²) in [6, 6.07) is 13.7. The monoisotopic (exact) mass is 421 g/mol. The summed E-state index contributed by atoms with van der Waals surface area (Å²) in [5, 5.41) is 6.32. The van der Waals surface area contributed by atoms with Crippen LogP contribution in [0.2, 0.25) is 0 Å². The first kappa shape index (κ1) is 21.9. The minimum Gasteiger partial charge on any atom is -0.497 e. The van der Waals surface area contributed by atoms with Gasteiger partial charge < -0.3 is 20.8 Å². The van der Waals surface area contributed by atoms with E-state index in [-0.39, 0.29) is 11.9 Å². The predicted molar refractivity (Wildman–Crippen MR) is 122 cm³/mol. The first-order valence-electron chi connectivity index (χ1n) is 10.0. The molecule has 1 heterocycles. The van der Waals surface area contributed by atoms with Gasteiger partial charge in [0.25, 0.3) is 0 Å². The second-order valence-electron chi connectivity index (χ2n) is 7.05. The Balaban J connectivity index is 1.86. The molecule has 31 heavy (non-hydrogen) atoms. The lowest BCUT2D eigenvalue weighted by Crippen LogP contribution is -2.43. The van der Waals surface area contributed by atoms with Crippen LogP contribution < -0.4 is 20.8 Å². The molecule has 0 aliphatic carbocycles. The average Bonchev–Trinajstić information content (AvgIpc) is 3.15. The first-order chi connectivity index (χ1) is 15.0. The zero-order valence-corrected chi connectivity index (χ0v) is 17.7. The number of hydrogen-bond acceptors (Lipinski definition) is 5. The molecule has 1 unspecified atom stereocenters. The number of carbonyl (C=O) groups excluding carboxylic acids is 2. The Morgan fingerprint density at radius 3 is 2.68 bits per heavy atom. The first-order valence-corrected chi connectivity index (χ1v) is 10.0. The van der Waals surface area contributed by atoms with Crippen LogP contribution in [0, 0.1) is 0 Å². The van der Waals surface area contributed by atoms with Crippen LogP contribution in [0.3, 0.4) is 0 Å². The Labute approximate surface area is 182 Å². The average molecular weight is 422 g/mol. The topological polar surface area (TPSA) is 100 Å². The van der Waals surface area contributed by atoms with E-state index in [0.717, 1.165) is 11.3 Å². The summed E-state index contributed by atoms with van der Waals surface area (Å²) in [7, 11) is 1.57. The van der Waals surface area contributed by atoms with E-state index in [4.69, 9.17) is 10.6 Å². The number of hydrazone groups is 1. The predicted octanol–water partition coefficient (Wildman–Crippen LogP) is 2.77. The number of benzene rings is 2. The van der Waals surface area contributed by atoms with Gasteiger partial charge in [-0.2, -0.15) is 5.10 Å². The van der Waals surface area contributed by atoms with Gasteiger partial charge >= 0.3 is 6.03 Å². The molecule has 1 saturated heterocycles. The Kier molecular flexibility index (Phi) is 6.92. The van der Waals surface area contributed by atoms with Crippen LogP contribution >= 0.6 is 0 Å². The van der Waals surface area contributed by atoms with Crippen LogP contribution in [0.1, 0.15) is 24.1 Å². The Morgan fingerprint density at radius 2 is 2.03 bits per heavy atom. The van der Waals surface area contributed by atoms with Crippen LogP contribution in [0.25, 0.3) is 5.57 Å². The normalized spacial score (nSPS) is 14.7. The highest BCUT2D eigenvalue weighted by atomic mass is 16.5. The molecule has 8 heteroatoms. The number of nitrogens with two attached hydrogens (primary N) is 1. The number of rotatable bonds is 8. The molecule has 2 aromatic carbocycles. The van der Waals surface area contributed by atoms with Crippen molar-refractivity contribution in [3.63, 3.8) is 0 Å². The number of allylic oxidation sites excluding steroid dienone is 1. The summed E-state index contributed by atoms with van der Waals surface area (Å²) in [6.45, 7) is 7.13. The fourth-order valence-corrected chi connectivity index (χ4v) is 3.61. The third-order valence-electron chi connectivity index (χ3n) is 5.14. The van der Waals surface area contributed by atoms with Crippen molar-refractivity contribution < 1.29 is 14.3 Å². The van der Waals surface area contributed by atoms with E-state index < -0.39 is 6.04 Å². The van der Waals surface area contributed by atoms with Gasteiger partial charge in [-0.3, -0.25) is 9.69 Å². The van der Waals surface area contributed by atoms with Gasteiger partial charge in [0.05, 0.1) is 13.3 Å².